The minimum absolute atomic E-state index is 0.0399. The number of hydrogen-bond donors (Lipinski definition) is 0. The van der Waals surface area contributed by atoms with E-state index >= 15 is 0 Å². The molecule has 0 aliphatic rings. The summed E-state index contributed by atoms with van der Waals surface area (Å²) in [5, 5.41) is 0. The highest BCUT2D eigenvalue weighted by atomic mass is 19.4. The number of halogens is 3. The predicted molar refractivity (Wildman–Crippen MR) is 43.4 cm³/mol. The molecule has 0 radical (unpaired) electrons. The number of anilines is 1. The van der Waals surface area contributed by atoms with Crippen molar-refractivity contribution < 1.29 is 13.2 Å². The quantitative estimate of drug-likeness (QED) is 0.632. The highest BCUT2D eigenvalue weighted by molar-refractivity contribution is 5.44. The molecule has 5 heteroatoms. The lowest BCUT2D eigenvalue weighted by Crippen LogP contribution is -2.34. The zero-order chi connectivity index (χ0) is 10.1. The van der Waals surface area contributed by atoms with Gasteiger partial charge in [-0.3, -0.25) is 9.88 Å². The Morgan fingerprint density at radius 1 is 1.31 bits per heavy atom. The molecule has 0 saturated heterocycles. The molecule has 0 saturated carbocycles. The van der Waals surface area contributed by atoms with Gasteiger partial charge in [0.1, 0.15) is 0 Å². The van der Waals surface area contributed by atoms with Crippen molar-refractivity contribution >= 4 is 5.69 Å². The molecular formula is C8H9F3N2. The molecule has 0 aliphatic carbocycles. The third-order valence-electron chi connectivity index (χ3n) is 1.66. The second kappa shape index (κ2) is 3.24. The molecule has 1 rings (SSSR count). The predicted octanol–water partition coefficient (Wildman–Crippen LogP) is 2.35. The molecule has 13 heavy (non-hydrogen) atoms. The van der Waals surface area contributed by atoms with Crippen LogP contribution in [-0.2, 0) is 0 Å². The number of aryl methyl sites for hydroxylation is 1. The van der Waals surface area contributed by atoms with Gasteiger partial charge in [0.05, 0.1) is 11.9 Å². The molecule has 0 aromatic carbocycles. The Morgan fingerprint density at radius 2 is 1.92 bits per heavy atom. The molecule has 0 atom stereocenters. The molecule has 1 aromatic rings. The summed E-state index contributed by atoms with van der Waals surface area (Å²) in [5.41, 5.74) is 0.734. The van der Waals surface area contributed by atoms with Gasteiger partial charge >= 0.3 is 6.30 Å². The lowest BCUT2D eigenvalue weighted by atomic mass is 10.3. The normalized spacial score (nSPS) is 11.5. The van der Waals surface area contributed by atoms with E-state index in [-0.39, 0.29) is 10.6 Å². The Bertz CT molecular complexity index is 278. The fourth-order valence-electron chi connectivity index (χ4n) is 0.805. The maximum atomic E-state index is 12.1. The van der Waals surface area contributed by atoms with Crippen LogP contribution in [0, 0.1) is 6.92 Å². The zero-order valence-electron chi connectivity index (χ0n) is 7.26. The van der Waals surface area contributed by atoms with Crippen LogP contribution in [0.15, 0.2) is 18.3 Å². The molecule has 0 N–H and O–H groups in total. The summed E-state index contributed by atoms with van der Waals surface area (Å²) in [6, 6.07) is 2.92. The van der Waals surface area contributed by atoms with E-state index in [1.165, 1.54) is 18.3 Å². The summed E-state index contributed by atoms with van der Waals surface area (Å²) in [5.74, 6) is 0. The maximum Gasteiger partial charge on any atom is 0.484 e. The van der Waals surface area contributed by atoms with E-state index in [1.807, 2.05) is 0 Å². The van der Waals surface area contributed by atoms with Crippen LogP contribution in [0.3, 0.4) is 0 Å². The van der Waals surface area contributed by atoms with Crippen molar-refractivity contribution in [1.82, 2.24) is 4.98 Å². The van der Waals surface area contributed by atoms with Gasteiger partial charge in [-0.2, -0.15) is 13.2 Å². The van der Waals surface area contributed by atoms with E-state index in [0.29, 0.717) is 5.69 Å². The first-order valence-electron chi connectivity index (χ1n) is 3.64. The molecule has 0 amide bonds. The van der Waals surface area contributed by atoms with E-state index in [2.05, 4.69) is 4.98 Å². The Hall–Kier alpha value is -1.26. The summed E-state index contributed by atoms with van der Waals surface area (Å²) < 4.78 is 36.4. The van der Waals surface area contributed by atoms with Crippen molar-refractivity contribution in [3.63, 3.8) is 0 Å². The molecule has 0 bridgehead atoms. The fraction of sp³-hybridized carbons (Fsp3) is 0.375. The molecule has 2 nitrogen and oxygen atoms in total. The average Bonchev–Trinajstić information content (AvgIpc) is 2.03. The second-order valence-corrected chi connectivity index (χ2v) is 2.68. The summed E-state index contributed by atoms with van der Waals surface area (Å²) in [4.78, 5) is 3.99. The summed E-state index contributed by atoms with van der Waals surface area (Å²) in [6.07, 6.45) is -3.15. The van der Waals surface area contributed by atoms with Crippen molar-refractivity contribution in [2.75, 3.05) is 11.9 Å². The molecule has 0 unspecified atom stereocenters. The van der Waals surface area contributed by atoms with Gasteiger partial charge in [-0.05, 0) is 19.1 Å². The lowest BCUT2D eigenvalue weighted by Gasteiger charge is -2.21. The van der Waals surface area contributed by atoms with Gasteiger partial charge in [-0.15, -0.1) is 0 Å². The third-order valence-corrected chi connectivity index (χ3v) is 1.66. The minimum atomic E-state index is -4.35. The van der Waals surface area contributed by atoms with Crippen LogP contribution in [0.25, 0.3) is 0 Å². The first kappa shape index (κ1) is 9.83. The molecular weight excluding hydrogens is 181 g/mol. The Balaban J connectivity index is 2.90. The first-order chi connectivity index (χ1) is 5.91. The Morgan fingerprint density at radius 3 is 2.31 bits per heavy atom. The average molecular weight is 190 g/mol. The molecule has 72 valence electrons. The first-order valence-corrected chi connectivity index (χ1v) is 3.64. The van der Waals surface area contributed by atoms with Crippen molar-refractivity contribution in [2.24, 2.45) is 0 Å². The number of hydrogen-bond acceptors (Lipinski definition) is 2. The van der Waals surface area contributed by atoms with Crippen LogP contribution in [0.1, 0.15) is 5.69 Å². The number of pyridine rings is 1. The zero-order valence-corrected chi connectivity index (χ0v) is 7.26. The van der Waals surface area contributed by atoms with Gasteiger partial charge in [-0.25, -0.2) is 0 Å². The Labute approximate surface area is 74.0 Å². The van der Waals surface area contributed by atoms with Crippen LogP contribution >= 0.6 is 0 Å². The Kier molecular flexibility index (Phi) is 2.45. The molecule has 1 aromatic heterocycles. The minimum Gasteiger partial charge on any atom is -0.286 e. The molecule has 0 spiro atoms. The van der Waals surface area contributed by atoms with Crippen LogP contribution in [0.2, 0.25) is 0 Å². The van der Waals surface area contributed by atoms with Gasteiger partial charge in [0.15, 0.2) is 0 Å². The van der Waals surface area contributed by atoms with E-state index < -0.39 is 6.30 Å². The second-order valence-electron chi connectivity index (χ2n) is 2.68. The standard InChI is InChI=1S/C8H9F3N2/c1-6-3-4-7(5-12-6)13(2)8(9,10)11/h3-5H,1-2H3. The molecule has 1 heterocycles. The largest absolute Gasteiger partial charge is 0.484 e. The van der Waals surface area contributed by atoms with E-state index in [1.54, 1.807) is 6.92 Å². The highest BCUT2D eigenvalue weighted by Crippen LogP contribution is 2.25. The van der Waals surface area contributed by atoms with Crippen molar-refractivity contribution in [3.05, 3.63) is 24.0 Å². The van der Waals surface area contributed by atoms with Crippen molar-refractivity contribution in [2.45, 2.75) is 13.2 Å². The molecule has 0 aliphatic heterocycles. The smallest absolute Gasteiger partial charge is 0.286 e. The highest BCUT2D eigenvalue weighted by Gasteiger charge is 2.34. The summed E-state index contributed by atoms with van der Waals surface area (Å²) in [6.45, 7) is 1.72. The van der Waals surface area contributed by atoms with E-state index in [9.17, 15) is 13.2 Å². The number of rotatable bonds is 1. The topological polar surface area (TPSA) is 16.1 Å². The van der Waals surface area contributed by atoms with Gasteiger partial charge in [0.2, 0.25) is 0 Å². The van der Waals surface area contributed by atoms with Crippen LogP contribution in [0.5, 0.6) is 0 Å². The van der Waals surface area contributed by atoms with Crippen molar-refractivity contribution in [3.8, 4) is 0 Å². The van der Waals surface area contributed by atoms with E-state index in [0.717, 1.165) is 7.05 Å². The van der Waals surface area contributed by atoms with Gasteiger partial charge < -0.3 is 0 Å². The monoisotopic (exact) mass is 190 g/mol. The number of aromatic nitrogens is 1. The number of alkyl halides is 3. The fourth-order valence-corrected chi connectivity index (χ4v) is 0.805. The van der Waals surface area contributed by atoms with E-state index in [4.69, 9.17) is 0 Å². The SMILES string of the molecule is Cc1ccc(N(C)C(F)(F)F)cn1. The van der Waals surface area contributed by atoms with Gasteiger partial charge in [0.25, 0.3) is 0 Å². The third kappa shape index (κ3) is 2.34. The molecule has 0 fully saturated rings. The lowest BCUT2D eigenvalue weighted by molar-refractivity contribution is -0.125. The summed E-state index contributed by atoms with van der Waals surface area (Å²) in [7, 11) is 0.965. The van der Waals surface area contributed by atoms with Gasteiger partial charge in [-0.1, -0.05) is 0 Å². The van der Waals surface area contributed by atoms with Gasteiger partial charge in [0, 0.05) is 12.7 Å². The maximum absolute atomic E-state index is 12.1. The summed E-state index contributed by atoms with van der Waals surface area (Å²) >= 11 is 0. The van der Waals surface area contributed by atoms with Crippen molar-refractivity contribution in [1.29, 1.82) is 0 Å². The number of nitrogens with zero attached hydrogens (tertiary/aromatic N) is 2. The van der Waals surface area contributed by atoms with Crippen LogP contribution in [-0.4, -0.2) is 18.3 Å². The van der Waals surface area contributed by atoms with Crippen LogP contribution < -0.4 is 4.90 Å². The van der Waals surface area contributed by atoms with Crippen LogP contribution in [0.4, 0.5) is 18.9 Å².